The Labute approximate surface area is 187 Å². The van der Waals surface area contributed by atoms with Crippen molar-refractivity contribution in [1.29, 1.82) is 0 Å². The van der Waals surface area contributed by atoms with E-state index in [1.165, 1.54) is 0 Å². The third-order valence-corrected chi connectivity index (χ3v) is 7.87. The highest BCUT2D eigenvalue weighted by molar-refractivity contribution is 6.76. The topological polar surface area (TPSA) is 38.8 Å². The molecular formula is C26H35NO3Si. The first-order chi connectivity index (χ1) is 14.7. The fourth-order valence-electron chi connectivity index (χ4n) is 4.23. The molecule has 31 heavy (non-hydrogen) atoms. The minimum Gasteiger partial charge on any atom is -0.450 e. The van der Waals surface area contributed by atoms with Crippen LogP contribution < -0.4 is 0 Å². The fourth-order valence-corrected chi connectivity index (χ4v) is 4.94. The number of carbonyl (C=O) groups is 1. The van der Waals surface area contributed by atoms with E-state index < -0.39 is 13.7 Å². The van der Waals surface area contributed by atoms with E-state index in [4.69, 9.17) is 9.47 Å². The maximum Gasteiger partial charge on any atom is 0.410 e. The molecule has 0 unspecified atom stereocenters. The van der Waals surface area contributed by atoms with Crippen LogP contribution in [0, 0.1) is 0 Å². The summed E-state index contributed by atoms with van der Waals surface area (Å²) in [4.78, 5) is 14.6. The second-order valence-electron chi connectivity index (χ2n) is 9.68. The average Bonchev–Trinajstić information content (AvgIpc) is 3.11. The zero-order valence-corrected chi connectivity index (χ0v) is 20.5. The third kappa shape index (κ3) is 5.28. The van der Waals surface area contributed by atoms with Crippen molar-refractivity contribution in [3.8, 4) is 11.1 Å². The molecule has 0 aliphatic carbocycles. The van der Waals surface area contributed by atoms with Gasteiger partial charge in [0.2, 0.25) is 0 Å². The summed E-state index contributed by atoms with van der Waals surface area (Å²) in [7, 11) is 0.485. The van der Waals surface area contributed by atoms with E-state index in [1.807, 2.05) is 29.2 Å². The van der Waals surface area contributed by atoms with Crippen molar-refractivity contribution in [2.24, 2.45) is 0 Å². The van der Waals surface area contributed by atoms with Gasteiger partial charge in [-0.15, -0.1) is 0 Å². The summed E-state index contributed by atoms with van der Waals surface area (Å²) < 4.78 is 11.7. The zero-order chi connectivity index (χ0) is 22.6. The van der Waals surface area contributed by atoms with Crippen LogP contribution in [0.4, 0.5) is 4.79 Å². The summed E-state index contributed by atoms with van der Waals surface area (Å²) in [5.41, 5.74) is 3.87. The Morgan fingerprint density at radius 3 is 2.55 bits per heavy atom. The molecule has 0 aromatic heterocycles. The molecule has 1 aliphatic heterocycles. The maximum atomic E-state index is 12.8. The SMILES string of the molecule is C=Cc1cc([C@]2(OC)C[C@@H](C)N(C(=O)OCC[Si](C)(C)C)C2)ccc1-c1ccccc1. The average molecular weight is 438 g/mol. The number of amides is 1. The Morgan fingerprint density at radius 1 is 1.23 bits per heavy atom. The second kappa shape index (κ2) is 9.41. The Kier molecular flexibility index (Phi) is 7.07. The first-order valence-electron chi connectivity index (χ1n) is 11.0. The highest BCUT2D eigenvalue weighted by Crippen LogP contribution is 2.41. The molecule has 1 fully saturated rings. The van der Waals surface area contributed by atoms with Crippen LogP contribution in [0.15, 0.2) is 55.1 Å². The number of hydrogen-bond donors (Lipinski definition) is 0. The lowest BCUT2D eigenvalue weighted by molar-refractivity contribution is -0.00625. The van der Waals surface area contributed by atoms with E-state index >= 15 is 0 Å². The van der Waals surface area contributed by atoms with E-state index in [1.54, 1.807) is 7.11 Å². The van der Waals surface area contributed by atoms with E-state index in [-0.39, 0.29) is 12.1 Å². The number of ether oxygens (including phenoxy) is 2. The van der Waals surface area contributed by atoms with E-state index in [2.05, 4.69) is 63.5 Å². The molecule has 1 amide bonds. The van der Waals surface area contributed by atoms with Crippen molar-refractivity contribution < 1.29 is 14.3 Å². The van der Waals surface area contributed by atoms with E-state index in [0.29, 0.717) is 13.2 Å². The standard InChI is InChI=1S/C26H35NO3Si/c1-7-21-17-23(13-14-24(21)22-11-9-8-10-12-22)26(29-3)18-20(2)27(19-26)25(28)30-15-16-31(4,5)6/h7-14,17,20H,1,15-16,18-19H2,2-6H3/t20-,26+/m1/s1. The number of benzene rings is 2. The van der Waals surface area contributed by atoms with Crippen LogP contribution >= 0.6 is 0 Å². The smallest absolute Gasteiger partial charge is 0.410 e. The van der Waals surface area contributed by atoms with E-state index in [0.717, 1.165) is 34.7 Å². The van der Waals surface area contributed by atoms with Crippen LogP contribution in [0.25, 0.3) is 17.2 Å². The molecule has 166 valence electrons. The van der Waals surface area contributed by atoms with Gasteiger partial charge in [0.25, 0.3) is 0 Å². The summed E-state index contributed by atoms with van der Waals surface area (Å²) >= 11 is 0. The normalized spacial score (nSPS) is 21.2. The number of methoxy groups -OCH3 is 1. The van der Waals surface area contributed by atoms with E-state index in [9.17, 15) is 4.79 Å². The minimum atomic E-state index is -1.24. The van der Waals surface area contributed by atoms with Crippen molar-refractivity contribution in [3.63, 3.8) is 0 Å². The van der Waals surface area contributed by atoms with Gasteiger partial charge >= 0.3 is 6.09 Å². The van der Waals surface area contributed by atoms with Gasteiger partial charge in [0.05, 0.1) is 13.2 Å². The van der Waals surface area contributed by atoms with Crippen LogP contribution in [0.5, 0.6) is 0 Å². The molecule has 1 aliphatic rings. The predicted molar refractivity (Wildman–Crippen MR) is 131 cm³/mol. The Morgan fingerprint density at radius 2 is 1.94 bits per heavy atom. The Hall–Kier alpha value is -2.37. The lowest BCUT2D eigenvalue weighted by atomic mass is 9.87. The van der Waals surface area contributed by atoms with Gasteiger partial charge in [-0.2, -0.15) is 0 Å². The van der Waals surface area contributed by atoms with Crippen molar-refractivity contribution in [3.05, 3.63) is 66.2 Å². The van der Waals surface area contributed by atoms with Crippen molar-refractivity contribution >= 4 is 20.2 Å². The van der Waals surface area contributed by atoms with Gasteiger partial charge in [-0.1, -0.05) is 74.8 Å². The third-order valence-electron chi connectivity index (χ3n) is 6.17. The largest absolute Gasteiger partial charge is 0.450 e. The first-order valence-corrected chi connectivity index (χ1v) is 14.7. The van der Waals surface area contributed by atoms with Crippen molar-refractivity contribution in [1.82, 2.24) is 4.90 Å². The van der Waals surface area contributed by atoms with Crippen LogP contribution in [0.2, 0.25) is 25.7 Å². The molecule has 1 saturated heterocycles. The molecule has 0 spiro atoms. The quantitative estimate of drug-likeness (QED) is 0.470. The maximum absolute atomic E-state index is 12.8. The first kappa shape index (κ1) is 23.3. The number of hydrogen-bond acceptors (Lipinski definition) is 3. The lowest BCUT2D eigenvalue weighted by Crippen LogP contribution is -2.38. The minimum absolute atomic E-state index is 0.0420. The summed E-state index contributed by atoms with van der Waals surface area (Å²) in [6.45, 7) is 13.9. The number of nitrogens with zero attached hydrogens (tertiary/aromatic N) is 1. The molecule has 2 aromatic carbocycles. The van der Waals surface area contributed by atoms with Crippen LogP contribution in [0.3, 0.4) is 0 Å². The van der Waals surface area contributed by atoms with Crippen molar-refractivity contribution in [2.75, 3.05) is 20.3 Å². The van der Waals surface area contributed by atoms with Crippen LogP contribution in [0.1, 0.15) is 24.5 Å². The molecule has 5 heteroatoms. The molecular weight excluding hydrogens is 402 g/mol. The van der Waals surface area contributed by atoms with Gasteiger partial charge in [-0.05, 0) is 41.3 Å². The monoisotopic (exact) mass is 437 g/mol. The molecule has 1 heterocycles. The summed E-state index contributed by atoms with van der Waals surface area (Å²) in [6.07, 6.45) is 2.37. The van der Waals surface area contributed by atoms with Gasteiger partial charge in [-0.3, -0.25) is 0 Å². The van der Waals surface area contributed by atoms with Gasteiger partial charge in [-0.25, -0.2) is 4.79 Å². The molecule has 3 rings (SSSR count). The number of carbonyl (C=O) groups excluding carboxylic acids is 1. The van der Waals surface area contributed by atoms with Gasteiger partial charge < -0.3 is 14.4 Å². The lowest BCUT2D eigenvalue weighted by Gasteiger charge is -2.29. The van der Waals surface area contributed by atoms with Gasteiger partial charge in [0, 0.05) is 27.6 Å². The van der Waals surface area contributed by atoms with Crippen LogP contribution in [-0.2, 0) is 15.1 Å². The fraction of sp³-hybridized carbons (Fsp3) is 0.423. The molecule has 0 N–H and O–H groups in total. The molecule has 0 saturated carbocycles. The molecule has 2 atom stereocenters. The molecule has 0 radical (unpaired) electrons. The number of rotatable bonds is 7. The Bertz CT molecular complexity index is 922. The van der Waals surface area contributed by atoms with Crippen LogP contribution in [-0.4, -0.2) is 45.4 Å². The summed E-state index contributed by atoms with van der Waals surface area (Å²) in [5.74, 6) is 0. The highest BCUT2D eigenvalue weighted by Gasteiger charge is 2.46. The van der Waals surface area contributed by atoms with Gasteiger partial charge in [0.1, 0.15) is 5.60 Å². The second-order valence-corrected chi connectivity index (χ2v) is 15.3. The molecule has 4 nitrogen and oxygen atoms in total. The zero-order valence-electron chi connectivity index (χ0n) is 19.5. The van der Waals surface area contributed by atoms with Gasteiger partial charge in [0.15, 0.2) is 0 Å². The number of likely N-dealkylation sites (tertiary alicyclic amines) is 1. The summed E-state index contributed by atoms with van der Waals surface area (Å²) in [5, 5.41) is 0. The van der Waals surface area contributed by atoms with Crippen molar-refractivity contribution in [2.45, 2.75) is 50.7 Å². The Balaban J connectivity index is 1.82. The highest BCUT2D eigenvalue weighted by atomic mass is 28.3. The molecule has 2 aromatic rings. The molecule has 0 bridgehead atoms. The predicted octanol–water partition coefficient (Wildman–Crippen LogP) is 6.41. The summed E-state index contributed by atoms with van der Waals surface area (Å²) in [6, 6.07) is 17.7.